The van der Waals surface area contributed by atoms with Gasteiger partial charge in [-0.15, -0.1) is 0 Å². The zero-order valence-electron chi connectivity index (χ0n) is 11.6. The lowest BCUT2D eigenvalue weighted by atomic mass is 10.1. The molecule has 5 nitrogen and oxygen atoms in total. The maximum absolute atomic E-state index is 12.2. The highest BCUT2D eigenvalue weighted by molar-refractivity contribution is 7.92. The highest BCUT2D eigenvalue weighted by atomic mass is 32.2. The molecule has 0 aliphatic carbocycles. The van der Waals surface area contributed by atoms with Gasteiger partial charge in [-0.3, -0.25) is 4.72 Å². The zero-order chi connectivity index (χ0) is 15.6. The van der Waals surface area contributed by atoms with Gasteiger partial charge in [0, 0.05) is 5.69 Å². The lowest BCUT2D eigenvalue weighted by Crippen LogP contribution is -2.22. The number of anilines is 1. The normalized spacial score (nSPS) is 11.1. The number of aromatic carboxylic acids is 1. The van der Waals surface area contributed by atoms with Gasteiger partial charge in [0.25, 0.3) is 10.0 Å². The van der Waals surface area contributed by atoms with E-state index in [4.69, 9.17) is 0 Å². The summed E-state index contributed by atoms with van der Waals surface area (Å²) in [4.78, 5) is 10.6. The molecule has 0 aliphatic heterocycles. The molecule has 0 amide bonds. The smallest absolute Gasteiger partial charge is 0.261 e. The Hall–Kier alpha value is -2.34. The van der Waals surface area contributed by atoms with Crippen molar-refractivity contribution in [2.45, 2.75) is 18.7 Å². The molecule has 0 heterocycles. The van der Waals surface area contributed by atoms with E-state index in [1.54, 1.807) is 12.1 Å². The number of hydrogen-bond acceptors (Lipinski definition) is 4. The maximum atomic E-state index is 12.2. The molecule has 0 fully saturated rings. The molecule has 1 N–H and O–H groups in total. The molecule has 0 spiro atoms. The number of carbonyl (C=O) groups excluding carboxylic acids is 1. The Morgan fingerprint density at radius 1 is 1.00 bits per heavy atom. The third kappa shape index (κ3) is 3.41. The summed E-state index contributed by atoms with van der Waals surface area (Å²) in [6.45, 7) is 3.83. The Kier molecular flexibility index (Phi) is 3.99. The number of nitrogens with one attached hydrogen (secondary N) is 1. The van der Waals surface area contributed by atoms with Gasteiger partial charge in [0.1, 0.15) is 0 Å². The second-order valence-corrected chi connectivity index (χ2v) is 6.40. The van der Waals surface area contributed by atoms with E-state index in [-0.39, 0.29) is 10.5 Å². The molecular formula is C15H14NO4S-. The minimum Gasteiger partial charge on any atom is -0.545 e. The molecular weight excluding hydrogens is 290 g/mol. The molecule has 0 aliphatic rings. The highest BCUT2D eigenvalue weighted by Crippen LogP contribution is 2.19. The third-order valence-corrected chi connectivity index (χ3v) is 4.56. The Labute approximate surface area is 123 Å². The highest BCUT2D eigenvalue weighted by Gasteiger charge is 2.14. The van der Waals surface area contributed by atoms with Gasteiger partial charge in [-0.2, -0.15) is 0 Å². The summed E-state index contributed by atoms with van der Waals surface area (Å²) in [5, 5.41) is 10.6. The fourth-order valence-electron chi connectivity index (χ4n) is 1.79. The van der Waals surface area contributed by atoms with E-state index in [9.17, 15) is 18.3 Å². The fourth-order valence-corrected chi connectivity index (χ4v) is 2.84. The Morgan fingerprint density at radius 3 is 2.14 bits per heavy atom. The van der Waals surface area contributed by atoms with E-state index in [0.29, 0.717) is 5.69 Å². The van der Waals surface area contributed by atoms with E-state index in [0.717, 1.165) is 11.1 Å². The van der Waals surface area contributed by atoms with E-state index < -0.39 is 16.0 Å². The van der Waals surface area contributed by atoms with Crippen LogP contribution in [-0.4, -0.2) is 14.4 Å². The van der Waals surface area contributed by atoms with Crippen LogP contribution in [0, 0.1) is 13.8 Å². The first-order chi connectivity index (χ1) is 9.79. The number of sulfonamides is 1. The van der Waals surface area contributed by atoms with E-state index in [2.05, 4.69) is 4.72 Å². The van der Waals surface area contributed by atoms with Crippen LogP contribution >= 0.6 is 0 Å². The van der Waals surface area contributed by atoms with Gasteiger partial charge in [-0.25, -0.2) is 8.42 Å². The summed E-state index contributed by atoms with van der Waals surface area (Å²) in [7, 11) is -3.75. The Balaban J connectivity index is 2.29. The Morgan fingerprint density at radius 2 is 1.62 bits per heavy atom. The first-order valence-corrected chi connectivity index (χ1v) is 7.69. The van der Waals surface area contributed by atoms with Crippen LogP contribution in [-0.2, 0) is 10.0 Å². The van der Waals surface area contributed by atoms with Gasteiger partial charge in [0.15, 0.2) is 0 Å². The minimum absolute atomic E-state index is 0.00859. The molecule has 0 saturated heterocycles. The van der Waals surface area contributed by atoms with Crippen molar-refractivity contribution in [2.24, 2.45) is 0 Å². The lowest BCUT2D eigenvalue weighted by molar-refractivity contribution is -0.255. The predicted octanol–water partition coefficient (Wildman–Crippen LogP) is 1.47. The maximum Gasteiger partial charge on any atom is 0.261 e. The molecule has 2 rings (SSSR count). The molecule has 6 heteroatoms. The molecule has 2 aromatic rings. The molecule has 0 atom stereocenters. The molecule has 21 heavy (non-hydrogen) atoms. The summed E-state index contributed by atoms with van der Waals surface area (Å²) >= 11 is 0. The number of benzene rings is 2. The van der Waals surface area contributed by atoms with Crippen molar-refractivity contribution < 1.29 is 18.3 Å². The van der Waals surface area contributed by atoms with Crippen LogP contribution in [0.25, 0.3) is 0 Å². The van der Waals surface area contributed by atoms with Crippen molar-refractivity contribution in [1.29, 1.82) is 0 Å². The van der Waals surface area contributed by atoms with Gasteiger partial charge < -0.3 is 9.90 Å². The van der Waals surface area contributed by atoms with Crippen LogP contribution < -0.4 is 9.83 Å². The lowest BCUT2D eigenvalue weighted by Gasteiger charge is -2.10. The molecule has 0 bridgehead atoms. The summed E-state index contributed by atoms with van der Waals surface area (Å²) in [5.74, 6) is -1.35. The second kappa shape index (κ2) is 5.57. The predicted molar refractivity (Wildman–Crippen MR) is 77.5 cm³/mol. The molecule has 110 valence electrons. The monoisotopic (exact) mass is 304 g/mol. The van der Waals surface area contributed by atoms with E-state index in [1.165, 1.54) is 24.3 Å². The van der Waals surface area contributed by atoms with Crippen LogP contribution in [0.3, 0.4) is 0 Å². The fraction of sp³-hybridized carbons (Fsp3) is 0.133. The molecule has 0 radical (unpaired) electrons. The van der Waals surface area contributed by atoms with E-state index >= 15 is 0 Å². The molecule has 0 unspecified atom stereocenters. The van der Waals surface area contributed by atoms with Crippen LogP contribution in [0.15, 0.2) is 47.4 Å². The van der Waals surface area contributed by atoms with Crippen molar-refractivity contribution in [3.05, 3.63) is 59.2 Å². The van der Waals surface area contributed by atoms with Crippen LogP contribution in [0.1, 0.15) is 21.5 Å². The quantitative estimate of drug-likeness (QED) is 0.926. The third-order valence-electron chi connectivity index (χ3n) is 3.16. The first kappa shape index (κ1) is 15.1. The van der Waals surface area contributed by atoms with Crippen molar-refractivity contribution in [3.8, 4) is 0 Å². The summed E-state index contributed by atoms with van der Waals surface area (Å²) in [6.07, 6.45) is 0. The SMILES string of the molecule is Cc1ccc(NS(=O)(=O)c2ccc(C(=O)[O-])cc2)cc1C. The summed E-state index contributed by atoms with van der Waals surface area (Å²) < 4.78 is 26.9. The van der Waals surface area contributed by atoms with Crippen molar-refractivity contribution in [2.75, 3.05) is 4.72 Å². The summed E-state index contributed by atoms with van der Waals surface area (Å²) in [5.41, 5.74) is 2.43. The van der Waals surface area contributed by atoms with Crippen molar-refractivity contribution >= 4 is 21.7 Å². The number of rotatable bonds is 4. The molecule has 0 aromatic heterocycles. The zero-order valence-corrected chi connectivity index (χ0v) is 12.4. The van der Waals surface area contributed by atoms with E-state index in [1.807, 2.05) is 19.9 Å². The minimum atomic E-state index is -3.75. The van der Waals surface area contributed by atoms with Gasteiger partial charge >= 0.3 is 0 Å². The van der Waals surface area contributed by atoms with Gasteiger partial charge in [0.05, 0.1) is 10.9 Å². The molecule has 0 saturated carbocycles. The van der Waals surface area contributed by atoms with Gasteiger partial charge in [-0.1, -0.05) is 18.2 Å². The number of hydrogen-bond donors (Lipinski definition) is 1. The van der Waals surface area contributed by atoms with Crippen molar-refractivity contribution in [1.82, 2.24) is 0 Å². The first-order valence-electron chi connectivity index (χ1n) is 6.21. The van der Waals surface area contributed by atoms with Crippen LogP contribution in [0.5, 0.6) is 0 Å². The average Bonchev–Trinajstić information content (AvgIpc) is 2.43. The second-order valence-electron chi connectivity index (χ2n) is 4.72. The largest absolute Gasteiger partial charge is 0.545 e. The van der Waals surface area contributed by atoms with Gasteiger partial charge in [0.2, 0.25) is 0 Å². The molecule has 2 aromatic carbocycles. The van der Waals surface area contributed by atoms with Crippen LogP contribution in [0.4, 0.5) is 5.69 Å². The number of carbonyl (C=O) groups is 1. The average molecular weight is 304 g/mol. The number of aryl methyl sites for hydroxylation is 2. The number of carboxylic acid groups (broad SMARTS) is 1. The Bertz CT molecular complexity index is 780. The van der Waals surface area contributed by atoms with Gasteiger partial charge in [-0.05, 0) is 54.8 Å². The number of carboxylic acids is 1. The topological polar surface area (TPSA) is 86.3 Å². The van der Waals surface area contributed by atoms with Crippen LogP contribution in [0.2, 0.25) is 0 Å². The standard InChI is InChI=1S/C15H15NO4S/c1-10-3-6-13(9-11(10)2)16-21(19,20)14-7-4-12(5-8-14)15(17)18/h3-9,16H,1-2H3,(H,17,18)/p-1. The van der Waals surface area contributed by atoms with Crippen molar-refractivity contribution in [3.63, 3.8) is 0 Å². The summed E-state index contributed by atoms with van der Waals surface area (Å²) in [6, 6.07) is 10.1.